The third-order valence-corrected chi connectivity index (χ3v) is 5.53. The number of benzene rings is 2. The Morgan fingerprint density at radius 3 is 2.39 bits per heavy atom. The molecular weight excluding hydrogens is 392 g/mol. The maximum Gasteiger partial charge on any atom is 0.257 e. The summed E-state index contributed by atoms with van der Waals surface area (Å²) in [5, 5.41) is 9.11. The zero-order valence-corrected chi connectivity index (χ0v) is 16.8. The molecule has 6 nitrogen and oxygen atoms in total. The minimum atomic E-state index is -0.216. The molecule has 0 bridgehead atoms. The van der Waals surface area contributed by atoms with E-state index >= 15 is 0 Å². The van der Waals surface area contributed by atoms with E-state index in [0.717, 1.165) is 16.8 Å². The quantitative estimate of drug-likeness (QED) is 0.460. The van der Waals surface area contributed by atoms with Gasteiger partial charge in [-0.25, -0.2) is 4.98 Å². The van der Waals surface area contributed by atoms with Gasteiger partial charge in [0.25, 0.3) is 11.8 Å². The van der Waals surface area contributed by atoms with Gasteiger partial charge in [0.05, 0.1) is 5.69 Å². The normalized spacial score (nSPS) is 10.8. The standard InChI is InChI=1S/C20H16N4O2S2/c1-12-21-19(26-24-12)15-5-3-14(4-6-15)18(25)23-20-22-17(11-28-20)13-7-9-16(27-2)10-8-13/h3-11H,1-2H3,(H,22,23,25). The number of amides is 1. The van der Waals surface area contributed by atoms with Crippen LogP contribution in [0.3, 0.4) is 0 Å². The number of carbonyl (C=O) groups excluding carboxylic acids is 1. The maximum absolute atomic E-state index is 12.5. The highest BCUT2D eigenvalue weighted by Crippen LogP contribution is 2.27. The molecule has 140 valence electrons. The molecule has 0 saturated carbocycles. The van der Waals surface area contributed by atoms with Gasteiger partial charge in [0.15, 0.2) is 11.0 Å². The number of aromatic nitrogens is 3. The van der Waals surface area contributed by atoms with Gasteiger partial charge in [-0.3, -0.25) is 10.1 Å². The highest BCUT2D eigenvalue weighted by Gasteiger charge is 2.12. The van der Waals surface area contributed by atoms with Crippen LogP contribution < -0.4 is 5.32 Å². The van der Waals surface area contributed by atoms with Crippen molar-refractivity contribution in [1.29, 1.82) is 0 Å². The number of thioether (sulfide) groups is 1. The van der Waals surface area contributed by atoms with Crippen LogP contribution in [0.1, 0.15) is 16.2 Å². The molecule has 0 radical (unpaired) electrons. The predicted octanol–water partition coefficient (Wildman–Crippen LogP) is 5.14. The Hall–Kier alpha value is -2.97. The molecule has 2 aromatic carbocycles. The molecule has 8 heteroatoms. The van der Waals surface area contributed by atoms with Crippen molar-refractivity contribution in [3.63, 3.8) is 0 Å². The molecule has 2 aromatic heterocycles. The number of nitrogens with one attached hydrogen (secondary N) is 1. The second-order valence-corrected chi connectivity index (χ2v) is 7.68. The highest BCUT2D eigenvalue weighted by molar-refractivity contribution is 7.98. The number of hydrogen-bond donors (Lipinski definition) is 1. The number of thiazole rings is 1. The molecule has 2 heterocycles. The van der Waals surface area contributed by atoms with Crippen LogP contribution >= 0.6 is 23.1 Å². The first-order valence-electron chi connectivity index (χ1n) is 8.44. The summed E-state index contributed by atoms with van der Waals surface area (Å²) in [5.41, 5.74) is 3.16. The van der Waals surface area contributed by atoms with Crippen molar-refractivity contribution in [2.45, 2.75) is 11.8 Å². The average molecular weight is 409 g/mol. The first-order valence-corrected chi connectivity index (χ1v) is 10.5. The first kappa shape index (κ1) is 18.4. The van der Waals surface area contributed by atoms with E-state index < -0.39 is 0 Å². The summed E-state index contributed by atoms with van der Waals surface area (Å²) in [7, 11) is 0. The van der Waals surface area contributed by atoms with E-state index in [4.69, 9.17) is 4.52 Å². The van der Waals surface area contributed by atoms with Crippen molar-refractivity contribution in [3.8, 4) is 22.7 Å². The van der Waals surface area contributed by atoms with Crippen molar-refractivity contribution < 1.29 is 9.32 Å². The fourth-order valence-corrected chi connectivity index (χ4v) is 3.70. The molecule has 0 fully saturated rings. The van der Waals surface area contributed by atoms with Gasteiger partial charge in [-0.15, -0.1) is 23.1 Å². The molecule has 0 aliphatic heterocycles. The van der Waals surface area contributed by atoms with E-state index in [2.05, 4.69) is 32.6 Å². The molecule has 0 saturated heterocycles. The van der Waals surface area contributed by atoms with Crippen LogP contribution in [0, 0.1) is 6.92 Å². The minimum absolute atomic E-state index is 0.216. The largest absolute Gasteiger partial charge is 0.334 e. The minimum Gasteiger partial charge on any atom is -0.334 e. The van der Waals surface area contributed by atoms with Gasteiger partial charge in [-0.2, -0.15) is 4.98 Å². The van der Waals surface area contributed by atoms with Gasteiger partial charge in [0.1, 0.15) is 0 Å². The fraction of sp³-hybridized carbons (Fsp3) is 0.100. The Kier molecular flexibility index (Phi) is 5.23. The molecule has 0 atom stereocenters. The summed E-state index contributed by atoms with van der Waals surface area (Å²) in [6.45, 7) is 1.76. The fourth-order valence-electron chi connectivity index (χ4n) is 2.57. The van der Waals surface area contributed by atoms with E-state index in [1.54, 1.807) is 43.0 Å². The lowest BCUT2D eigenvalue weighted by molar-refractivity contribution is 0.102. The number of carbonyl (C=O) groups is 1. The highest BCUT2D eigenvalue weighted by atomic mass is 32.2. The predicted molar refractivity (Wildman–Crippen MR) is 112 cm³/mol. The Balaban J connectivity index is 1.45. The number of aryl methyl sites for hydroxylation is 1. The summed E-state index contributed by atoms with van der Waals surface area (Å²) in [4.78, 5) is 22.4. The molecule has 28 heavy (non-hydrogen) atoms. The molecule has 0 aliphatic carbocycles. The van der Waals surface area contributed by atoms with Gasteiger partial charge in [0, 0.05) is 27.0 Å². The van der Waals surface area contributed by atoms with Crippen LogP contribution in [0.4, 0.5) is 5.13 Å². The first-order chi connectivity index (χ1) is 13.6. The zero-order valence-electron chi connectivity index (χ0n) is 15.2. The molecule has 4 rings (SSSR count). The van der Waals surface area contributed by atoms with Crippen LogP contribution in [0.5, 0.6) is 0 Å². The average Bonchev–Trinajstić information content (AvgIpc) is 3.37. The summed E-state index contributed by atoms with van der Waals surface area (Å²) in [5.74, 6) is 0.785. The van der Waals surface area contributed by atoms with Gasteiger partial charge >= 0.3 is 0 Å². The summed E-state index contributed by atoms with van der Waals surface area (Å²) >= 11 is 3.10. The second-order valence-electron chi connectivity index (χ2n) is 5.94. The van der Waals surface area contributed by atoms with Gasteiger partial charge in [-0.1, -0.05) is 17.3 Å². The molecule has 0 unspecified atom stereocenters. The van der Waals surface area contributed by atoms with Crippen molar-refractivity contribution in [1.82, 2.24) is 15.1 Å². The maximum atomic E-state index is 12.5. The summed E-state index contributed by atoms with van der Waals surface area (Å²) in [6.07, 6.45) is 2.04. The summed E-state index contributed by atoms with van der Waals surface area (Å²) in [6, 6.07) is 15.2. The van der Waals surface area contributed by atoms with Crippen LogP contribution in [0.2, 0.25) is 0 Å². The lowest BCUT2D eigenvalue weighted by atomic mass is 10.1. The van der Waals surface area contributed by atoms with Crippen LogP contribution in [0.25, 0.3) is 22.7 Å². The zero-order chi connectivity index (χ0) is 19.5. The number of anilines is 1. The Labute approximate surface area is 170 Å². The van der Waals surface area contributed by atoms with Crippen molar-refractivity contribution >= 4 is 34.1 Å². The molecule has 0 aliphatic rings. The summed E-state index contributed by atoms with van der Waals surface area (Å²) < 4.78 is 5.13. The van der Waals surface area contributed by atoms with Crippen molar-refractivity contribution in [2.75, 3.05) is 11.6 Å². The third kappa shape index (κ3) is 3.97. The van der Waals surface area contributed by atoms with E-state index in [9.17, 15) is 4.79 Å². The lowest BCUT2D eigenvalue weighted by Crippen LogP contribution is -2.11. The lowest BCUT2D eigenvalue weighted by Gasteiger charge is -2.02. The molecule has 4 aromatic rings. The van der Waals surface area contributed by atoms with Crippen molar-refractivity contribution in [3.05, 3.63) is 65.3 Å². The van der Waals surface area contributed by atoms with Crippen LogP contribution in [0.15, 0.2) is 63.3 Å². The van der Waals surface area contributed by atoms with E-state index in [0.29, 0.717) is 22.4 Å². The van der Waals surface area contributed by atoms with E-state index in [1.165, 1.54) is 16.2 Å². The Bertz CT molecular complexity index is 1100. The third-order valence-electron chi connectivity index (χ3n) is 4.03. The van der Waals surface area contributed by atoms with Crippen LogP contribution in [-0.4, -0.2) is 27.3 Å². The van der Waals surface area contributed by atoms with E-state index in [1.807, 2.05) is 23.8 Å². The van der Waals surface area contributed by atoms with Crippen molar-refractivity contribution in [2.24, 2.45) is 0 Å². The van der Waals surface area contributed by atoms with E-state index in [-0.39, 0.29) is 5.91 Å². The molecular formula is C20H16N4O2S2. The Morgan fingerprint density at radius 2 is 1.75 bits per heavy atom. The number of nitrogens with zero attached hydrogens (tertiary/aromatic N) is 3. The van der Waals surface area contributed by atoms with Gasteiger partial charge in [-0.05, 0) is 49.6 Å². The number of hydrogen-bond acceptors (Lipinski definition) is 7. The number of rotatable bonds is 5. The molecule has 0 spiro atoms. The Morgan fingerprint density at radius 1 is 1.04 bits per heavy atom. The van der Waals surface area contributed by atoms with Crippen LogP contribution in [-0.2, 0) is 0 Å². The SMILES string of the molecule is CSc1ccc(-c2csc(NC(=O)c3ccc(-c4nc(C)no4)cc3)n2)cc1. The monoisotopic (exact) mass is 408 g/mol. The second kappa shape index (κ2) is 7.95. The smallest absolute Gasteiger partial charge is 0.257 e. The van der Waals surface area contributed by atoms with Gasteiger partial charge < -0.3 is 4.52 Å². The molecule has 1 N–H and O–H groups in total. The topological polar surface area (TPSA) is 80.9 Å². The molecule has 1 amide bonds. The van der Waals surface area contributed by atoms with Gasteiger partial charge in [0.2, 0.25) is 0 Å².